The first kappa shape index (κ1) is 17.4. The van der Waals surface area contributed by atoms with Crippen molar-refractivity contribution < 1.29 is 4.79 Å². The summed E-state index contributed by atoms with van der Waals surface area (Å²) in [6, 6.07) is 0. The largest absolute Gasteiger partial charge is 0.342 e. The van der Waals surface area contributed by atoms with E-state index < -0.39 is 0 Å². The molecule has 1 saturated carbocycles. The maximum atomic E-state index is 12.7. The number of aromatic nitrogens is 3. The fourth-order valence-electron chi connectivity index (χ4n) is 4.18. The average Bonchev–Trinajstić information content (AvgIpc) is 2.86. The average molecular weight is 332 g/mol. The van der Waals surface area contributed by atoms with E-state index in [1.807, 2.05) is 4.68 Å². The first-order valence-electron chi connectivity index (χ1n) is 9.94. The smallest absolute Gasteiger partial charge is 0.225 e. The Balaban J connectivity index is 1.45. The summed E-state index contributed by atoms with van der Waals surface area (Å²) in [6.07, 6.45) is 13.7. The van der Waals surface area contributed by atoms with E-state index in [1.165, 1.54) is 25.7 Å². The molecule has 0 N–H and O–H groups in total. The van der Waals surface area contributed by atoms with Crippen molar-refractivity contribution in [3.05, 3.63) is 11.9 Å². The van der Waals surface area contributed by atoms with Gasteiger partial charge in [0.2, 0.25) is 5.91 Å². The summed E-state index contributed by atoms with van der Waals surface area (Å²) in [7, 11) is 0. The number of carbonyl (C=O) groups is 1. The molecule has 0 radical (unpaired) electrons. The molecule has 134 valence electrons. The maximum Gasteiger partial charge on any atom is 0.225 e. The van der Waals surface area contributed by atoms with Crippen LogP contribution in [0.2, 0.25) is 0 Å². The summed E-state index contributed by atoms with van der Waals surface area (Å²) in [5, 5.41) is 8.49. The van der Waals surface area contributed by atoms with E-state index in [1.54, 1.807) is 0 Å². The van der Waals surface area contributed by atoms with Crippen LogP contribution in [-0.4, -0.2) is 38.9 Å². The van der Waals surface area contributed by atoms with Crippen LogP contribution in [0.4, 0.5) is 0 Å². The van der Waals surface area contributed by atoms with Gasteiger partial charge in [0, 0.05) is 31.7 Å². The van der Waals surface area contributed by atoms with Gasteiger partial charge in [-0.15, -0.1) is 5.10 Å². The summed E-state index contributed by atoms with van der Waals surface area (Å²) < 4.78 is 2.00. The molecule has 0 bridgehead atoms. The molecule has 3 rings (SSSR count). The highest BCUT2D eigenvalue weighted by Crippen LogP contribution is 2.27. The molecule has 24 heavy (non-hydrogen) atoms. The molecular weight excluding hydrogens is 300 g/mol. The van der Waals surface area contributed by atoms with Crippen LogP contribution in [0.5, 0.6) is 0 Å². The lowest BCUT2D eigenvalue weighted by molar-refractivity contribution is -0.137. The SMILES string of the molecule is CCCc1cn(CC2CCN(C(=O)C3CCCCCC3)CC2)nn1. The van der Waals surface area contributed by atoms with Crippen molar-refractivity contribution in [3.8, 4) is 0 Å². The van der Waals surface area contributed by atoms with Crippen molar-refractivity contribution in [2.75, 3.05) is 13.1 Å². The van der Waals surface area contributed by atoms with Crippen molar-refractivity contribution in [2.24, 2.45) is 11.8 Å². The van der Waals surface area contributed by atoms with Gasteiger partial charge in [0.15, 0.2) is 0 Å². The monoisotopic (exact) mass is 332 g/mol. The molecule has 1 amide bonds. The van der Waals surface area contributed by atoms with E-state index in [4.69, 9.17) is 0 Å². The molecule has 1 saturated heterocycles. The highest BCUT2D eigenvalue weighted by atomic mass is 16.2. The lowest BCUT2D eigenvalue weighted by Crippen LogP contribution is -2.42. The quantitative estimate of drug-likeness (QED) is 0.776. The van der Waals surface area contributed by atoms with Crippen molar-refractivity contribution in [2.45, 2.75) is 77.7 Å². The van der Waals surface area contributed by atoms with E-state index >= 15 is 0 Å². The topological polar surface area (TPSA) is 51.0 Å². The third-order valence-corrected chi connectivity index (χ3v) is 5.67. The van der Waals surface area contributed by atoms with E-state index in [9.17, 15) is 4.79 Å². The van der Waals surface area contributed by atoms with Gasteiger partial charge in [0.05, 0.1) is 5.69 Å². The molecule has 0 unspecified atom stereocenters. The Kier molecular flexibility index (Phi) is 6.27. The number of hydrogen-bond acceptors (Lipinski definition) is 3. The van der Waals surface area contributed by atoms with Crippen LogP contribution in [0.1, 0.15) is 70.4 Å². The normalized spacial score (nSPS) is 21.0. The lowest BCUT2D eigenvalue weighted by atomic mass is 9.93. The van der Waals surface area contributed by atoms with Crippen LogP contribution >= 0.6 is 0 Å². The minimum Gasteiger partial charge on any atom is -0.342 e. The molecule has 5 nitrogen and oxygen atoms in total. The van der Waals surface area contributed by atoms with Crippen LogP contribution in [-0.2, 0) is 17.8 Å². The Labute approximate surface area is 145 Å². The molecule has 0 spiro atoms. The molecule has 5 heteroatoms. The lowest BCUT2D eigenvalue weighted by Gasteiger charge is -2.34. The molecule has 2 fully saturated rings. The first-order valence-corrected chi connectivity index (χ1v) is 9.94. The summed E-state index contributed by atoms with van der Waals surface area (Å²) in [5.74, 6) is 1.36. The fraction of sp³-hybridized carbons (Fsp3) is 0.842. The Bertz CT molecular complexity index is 511. The maximum absolute atomic E-state index is 12.7. The van der Waals surface area contributed by atoms with Crippen LogP contribution in [0, 0.1) is 11.8 Å². The van der Waals surface area contributed by atoms with Gasteiger partial charge in [-0.3, -0.25) is 9.48 Å². The van der Waals surface area contributed by atoms with Gasteiger partial charge in [-0.05, 0) is 38.0 Å². The number of likely N-dealkylation sites (tertiary alicyclic amines) is 1. The number of rotatable bonds is 5. The van der Waals surface area contributed by atoms with E-state index in [0.717, 1.165) is 63.9 Å². The van der Waals surface area contributed by atoms with Crippen LogP contribution in [0.25, 0.3) is 0 Å². The second-order valence-electron chi connectivity index (χ2n) is 7.64. The van der Waals surface area contributed by atoms with Crippen LogP contribution in [0.15, 0.2) is 6.20 Å². The van der Waals surface area contributed by atoms with Crippen molar-refractivity contribution in [1.82, 2.24) is 19.9 Å². The molecule has 0 atom stereocenters. The van der Waals surface area contributed by atoms with Crippen LogP contribution in [0.3, 0.4) is 0 Å². The van der Waals surface area contributed by atoms with Gasteiger partial charge in [0.1, 0.15) is 0 Å². The third kappa shape index (κ3) is 4.58. The van der Waals surface area contributed by atoms with E-state index in [0.29, 0.717) is 17.7 Å². The number of hydrogen-bond donors (Lipinski definition) is 0. The summed E-state index contributed by atoms with van der Waals surface area (Å²) in [6.45, 7) is 4.97. The number of nitrogens with zero attached hydrogens (tertiary/aromatic N) is 4. The van der Waals surface area contributed by atoms with Crippen LogP contribution < -0.4 is 0 Å². The van der Waals surface area contributed by atoms with Gasteiger partial charge in [0.25, 0.3) is 0 Å². The molecule has 0 aromatic carbocycles. The molecule has 1 aromatic heterocycles. The first-order chi connectivity index (χ1) is 11.8. The second-order valence-corrected chi connectivity index (χ2v) is 7.64. The Hall–Kier alpha value is -1.39. The highest BCUT2D eigenvalue weighted by Gasteiger charge is 2.28. The summed E-state index contributed by atoms with van der Waals surface area (Å²) in [5.41, 5.74) is 1.10. The number of aryl methyl sites for hydroxylation is 1. The van der Waals surface area contributed by atoms with Gasteiger partial charge >= 0.3 is 0 Å². The summed E-state index contributed by atoms with van der Waals surface area (Å²) >= 11 is 0. The minimum atomic E-state index is 0.302. The van der Waals surface area contributed by atoms with Crippen molar-refractivity contribution >= 4 is 5.91 Å². The molecule has 1 aromatic rings. The number of piperidine rings is 1. The standard InChI is InChI=1S/C19H32N4O/c1-2-7-18-15-23(21-20-18)14-16-10-12-22(13-11-16)19(24)17-8-5-3-4-6-9-17/h15-17H,2-14H2,1H3. The van der Waals surface area contributed by atoms with Gasteiger partial charge < -0.3 is 4.90 Å². The van der Waals surface area contributed by atoms with E-state index in [-0.39, 0.29) is 0 Å². The minimum absolute atomic E-state index is 0.302. The van der Waals surface area contributed by atoms with Gasteiger partial charge in [-0.25, -0.2) is 0 Å². The number of amides is 1. The van der Waals surface area contributed by atoms with Crippen molar-refractivity contribution in [1.29, 1.82) is 0 Å². The highest BCUT2D eigenvalue weighted by molar-refractivity contribution is 5.78. The fourth-order valence-corrected chi connectivity index (χ4v) is 4.18. The Morgan fingerprint density at radius 3 is 2.50 bits per heavy atom. The van der Waals surface area contributed by atoms with E-state index in [2.05, 4.69) is 28.3 Å². The zero-order valence-corrected chi connectivity index (χ0v) is 15.1. The predicted molar refractivity (Wildman–Crippen MR) is 94.5 cm³/mol. The zero-order chi connectivity index (χ0) is 16.8. The van der Waals surface area contributed by atoms with Gasteiger partial charge in [-0.1, -0.05) is 44.2 Å². The second kappa shape index (κ2) is 8.63. The molecule has 1 aliphatic heterocycles. The third-order valence-electron chi connectivity index (χ3n) is 5.67. The molecular formula is C19H32N4O. The molecule has 1 aliphatic carbocycles. The molecule has 2 aliphatic rings. The zero-order valence-electron chi connectivity index (χ0n) is 15.1. The van der Waals surface area contributed by atoms with Crippen molar-refractivity contribution in [3.63, 3.8) is 0 Å². The summed E-state index contributed by atoms with van der Waals surface area (Å²) in [4.78, 5) is 14.9. The Morgan fingerprint density at radius 2 is 1.83 bits per heavy atom. The molecule has 2 heterocycles. The Morgan fingerprint density at radius 1 is 1.12 bits per heavy atom. The predicted octanol–water partition coefficient (Wildman–Crippen LogP) is 3.44. The van der Waals surface area contributed by atoms with Gasteiger partial charge in [-0.2, -0.15) is 0 Å². The number of carbonyl (C=O) groups excluding carboxylic acids is 1.